The van der Waals surface area contributed by atoms with Crippen LogP contribution in [0.4, 0.5) is 11.4 Å². The third-order valence-electron chi connectivity index (χ3n) is 6.44. The van der Waals surface area contributed by atoms with E-state index in [2.05, 4.69) is 68.6 Å². The molecule has 1 aliphatic rings. The number of nitrogens with one attached hydrogen (secondary N) is 1. The molecule has 1 fully saturated rings. The van der Waals surface area contributed by atoms with Crippen LogP contribution in [-0.4, -0.2) is 42.0 Å². The predicted octanol–water partition coefficient (Wildman–Crippen LogP) is 5.13. The Morgan fingerprint density at radius 3 is 2.18 bits per heavy atom. The van der Waals surface area contributed by atoms with Gasteiger partial charge in [0.15, 0.2) is 0 Å². The van der Waals surface area contributed by atoms with Gasteiger partial charge in [-0.15, -0.1) is 0 Å². The second-order valence-corrected chi connectivity index (χ2v) is 8.82. The van der Waals surface area contributed by atoms with Gasteiger partial charge in [-0.2, -0.15) is 0 Å². The van der Waals surface area contributed by atoms with Crippen LogP contribution < -0.4 is 10.2 Å². The van der Waals surface area contributed by atoms with Crippen molar-refractivity contribution < 1.29 is 4.79 Å². The van der Waals surface area contributed by atoms with Crippen LogP contribution in [0.5, 0.6) is 0 Å². The van der Waals surface area contributed by atoms with Crippen molar-refractivity contribution in [3.8, 4) is 0 Å². The average molecular weight is 451 g/mol. The molecule has 34 heavy (non-hydrogen) atoms. The molecule has 0 atom stereocenters. The molecule has 5 heteroatoms. The molecule has 1 aliphatic heterocycles. The smallest absolute Gasteiger partial charge is 0.224 e. The molecule has 0 spiro atoms. The number of nitrogens with zero attached hydrogens (tertiary/aromatic N) is 3. The molecule has 1 aromatic heterocycles. The maximum atomic E-state index is 12.8. The zero-order valence-corrected chi connectivity index (χ0v) is 19.4. The molecule has 0 saturated carbocycles. The summed E-state index contributed by atoms with van der Waals surface area (Å²) >= 11 is 0. The summed E-state index contributed by atoms with van der Waals surface area (Å²) in [5, 5.41) is 4.25. The van der Waals surface area contributed by atoms with Gasteiger partial charge in [-0.05, 0) is 23.6 Å². The summed E-state index contributed by atoms with van der Waals surface area (Å²) in [4.78, 5) is 22.4. The van der Waals surface area contributed by atoms with Crippen LogP contribution >= 0.6 is 0 Å². The second-order valence-electron chi connectivity index (χ2n) is 8.82. The molecule has 1 saturated heterocycles. The Balaban J connectivity index is 1.31. The summed E-state index contributed by atoms with van der Waals surface area (Å²) < 4.78 is 0. The van der Waals surface area contributed by atoms with E-state index >= 15 is 0 Å². The number of aromatic nitrogens is 1. The van der Waals surface area contributed by atoms with E-state index in [1.165, 1.54) is 11.1 Å². The van der Waals surface area contributed by atoms with Gasteiger partial charge in [0.2, 0.25) is 5.91 Å². The van der Waals surface area contributed by atoms with E-state index in [4.69, 9.17) is 0 Å². The first-order chi connectivity index (χ1) is 16.8. The molecule has 3 aromatic carbocycles. The van der Waals surface area contributed by atoms with Gasteiger partial charge in [-0.1, -0.05) is 78.9 Å². The molecule has 1 N–H and O–H groups in total. The fourth-order valence-electron chi connectivity index (χ4n) is 4.65. The van der Waals surface area contributed by atoms with Crippen LogP contribution in [0, 0.1) is 0 Å². The first-order valence-corrected chi connectivity index (χ1v) is 12.0. The summed E-state index contributed by atoms with van der Waals surface area (Å²) in [7, 11) is 0. The SMILES string of the molecule is O=C(CCc1ccccc1)Nc1cnc2ccccc2c1N1CCN(Cc2ccccc2)CC1. The number of hydrogen-bond donors (Lipinski definition) is 1. The Morgan fingerprint density at radius 1 is 0.794 bits per heavy atom. The van der Waals surface area contributed by atoms with Crippen molar-refractivity contribution in [2.75, 3.05) is 36.4 Å². The monoisotopic (exact) mass is 450 g/mol. The van der Waals surface area contributed by atoms with E-state index in [1.54, 1.807) is 0 Å². The molecule has 1 amide bonds. The Hall–Kier alpha value is -3.70. The molecular weight excluding hydrogens is 420 g/mol. The number of pyridine rings is 1. The largest absolute Gasteiger partial charge is 0.367 e. The fraction of sp³-hybridized carbons (Fsp3) is 0.241. The molecule has 0 bridgehead atoms. The molecule has 2 heterocycles. The molecule has 5 nitrogen and oxygen atoms in total. The van der Waals surface area contributed by atoms with Crippen LogP contribution in [0.15, 0.2) is 91.1 Å². The van der Waals surface area contributed by atoms with Crippen molar-refractivity contribution in [2.24, 2.45) is 0 Å². The van der Waals surface area contributed by atoms with Crippen molar-refractivity contribution in [1.82, 2.24) is 9.88 Å². The number of benzene rings is 3. The van der Waals surface area contributed by atoms with Crippen LogP contribution in [0.1, 0.15) is 17.5 Å². The van der Waals surface area contributed by atoms with E-state index in [0.29, 0.717) is 6.42 Å². The number of anilines is 2. The highest BCUT2D eigenvalue weighted by Crippen LogP contribution is 2.34. The maximum Gasteiger partial charge on any atom is 0.224 e. The van der Waals surface area contributed by atoms with Gasteiger partial charge >= 0.3 is 0 Å². The van der Waals surface area contributed by atoms with E-state index < -0.39 is 0 Å². The topological polar surface area (TPSA) is 48.5 Å². The normalized spacial score (nSPS) is 14.3. The Labute approximate surface area is 201 Å². The van der Waals surface area contributed by atoms with Crippen molar-refractivity contribution in [3.05, 3.63) is 102 Å². The minimum Gasteiger partial charge on any atom is -0.367 e. The van der Waals surface area contributed by atoms with Gasteiger partial charge < -0.3 is 10.2 Å². The number of amides is 1. The highest BCUT2D eigenvalue weighted by molar-refractivity contribution is 6.03. The van der Waals surface area contributed by atoms with Crippen molar-refractivity contribution in [3.63, 3.8) is 0 Å². The molecular formula is C29H30N4O. The summed E-state index contributed by atoms with van der Waals surface area (Å²) in [6.07, 6.45) is 2.98. The Kier molecular flexibility index (Phi) is 6.82. The van der Waals surface area contributed by atoms with Crippen LogP contribution in [0.3, 0.4) is 0 Å². The van der Waals surface area contributed by atoms with Gasteiger partial charge in [0.05, 0.1) is 23.1 Å². The van der Waals surface area contributed by atoms with Gasteiger partial charge in [0, 0.05) is 44.5 Å². The summed E-state index contributed by atoms with van der Waals surface area (Å²) in [6.45, 7) is 4.75. The van der Waals surface area contributed by atoms with Crippen LogP contribution in [0.2, 0.25) is 0 Å². The lowest BCUT2D eigenvalue weighted by atomic mass is 10.1. The summed E-state index contributed by atoms with van der Waals surface area (Å²) in [6, 6.07) is 29.0. The number of hydrogen-bond acceptors (Lipinski definition) is 4. The van der Waals surface area contributed by atoms with Crippen molar-refractivity contribution in [2.45, 2.75) is 19.4 Å². The molecule has 0 unspecified atom stereocenters. The number of carbonyl (C=O) groups is 1. The van der Waals surface area contributed by atoms with Gasteiger partial charge in [0.1, 0.15) is 0 Å². The lowest BCUT2D eigenvalue weighted by Gasteiger charge is -2.37. The van der Waals surface area contributed by atoms with Crippen molar-refractivity contribution in [1.29, 1.82) is 0 Å². The number of para-hydroxylation sites is 1. The van der Waals surface area contributed by atoms with E-state index in [-0.39, 0.29) is 5.91 Å². The van der Waals surface area contributed by atoms with E-state index in [9.17, 15) is 4.79 Å². The van der Waals surface area contributed by atoms with Gasteiger partial charge in [0.25, 0.3) is 0 Å². The highest BCUT2D eigenvalue weighted by atomic mass is 16.1. The first-order valence-electron chi connectivity index (χ1n) is 12.0. The lowest BCUT2D eigenvalue weighted by molar-refractivity contribution is -0.116. The maximum absolute atomic E-state index is 12.8. The molecule has 5 rings (SSSR count). The minimum absolute atomic E-state index is 0.0184. The number of rotatable bonds is 7. The quantitative estimate of drug-likeness (QED) is 0.424. The number of carbonyl (C=O) groups excluding carboxylic acids is 1. The highest BCUT2D eigenvalue weighted by Gasteiger charge is 2.22. The molecule has 172 valence electrons. The summed E-state index contributed by atoms with van der Waals surface area (Å²) in [5.41, 5.74) is 5.35. The van der Waals surface area contributed by atoms with E-state index in [0.717, 1.165) is 61.4 Å². The molecule has 0 aliphatic carbocycles. The van der Waals surface area contributed by atoms with Gasteiger partial charge in [-0.3, -0.25) is 14.7 Å². The second kappa shape index (κ2) is 10.5. The third-order valence-corrected chi connectivity index (χ3v) is 6.44. The third kappa shape index (κ3) is 5.26. The van der Waals surface area contributed by atoms with Crippen LogP contribution in [0.25, 0.3) is 10.9 Å². The van der Waals surface area contributed by atoms with Crippen molar-refractivity contribution >= 4 is 28.2 Å². The number of fused-ring (bicyclic) bond motifs is 1. The fourth-order valence-corrected chi connectivity index (χ4v) is 4.65. The Bertz CT molecular complexity index is 1230. The zero-order chi connectivity index (χ0) is 23.2. The van der Waals surface area contributed by atoms with Crippen LogP contribution in [-0.2, 0) is 17.8 Å². The first kappa shape index (κ1) is 22.1. The van der Waals surface area contributed by atoms with Gasteiger partial charge in [-0.25, -0.2) is 0 Å². The standard InChI is InChI=1S/C29H30N4O/c34-28(16-15-23-9-3-1-4-10-23)31-27-21-30-26-14-8-7-13-25(26)29(27)33-19-17-32(18-20-33)22-24-11-5-2-6-12-24/h1-14,21H,15-20,22H2,(H,31,34). The average Bonchev–Trinajstić information content (AvgIpc) is 2.89. The number of piperazine rings is 1. The zero-order valence-electron chi connectivity index (χ0n) is 19.4. The number of aryl methyl sites for hydroxylation is 1. The minimum atomic E-state index is 0.0184. The molecule has 0 radical (unpaired) electrons. The molecule has 4 aromatic rings. The predicted molar refractivity (Wildman–Crippen MR) is 139 cm³/mol. The van der Waals surface area contributed by atoms with E-state index in [1.807, 2.05) is 42.6 Å². The lowest BCUT2D eigenvalue weighted by Crippen LogP contribution is -2.46. The Morgan fingerprint density at radius 2 is 1.44 bits per heavy atom. The summed E-state index contributed by atoms with van der Waals surface area (Å²) in [5.74, 6) is 0.0184.